The molecule has 0 saturated heterocycles. The van der Waals surface area contributed by atoms with Gasteiger partial charge in [0.25, 0.3) is 0 Å². The van der Waals surface area contributed by atoms with Gasteiger partial charge >= 0.3 is 0 Å². The Bertz CT molecular complexity index is 1010. The SMILES string of the molecule is CC(C)Oc1ccc(-c2ccc(C3COC(c4c(F)cccc4F)=N3)cc2)cc1. The average Bonchev–Trinajstić information content (AvgIpc) is 3.18. The molecule has 0 saturated carbocycles. The predicted molar refractivity (Wildman–Crippen MR) is 109 cm³/mol. The Morgan fingerprint density at radius 1 is 0.897 bits per heavy atom. The molecule has 0 bridgehead atoms. The molecule has 1 aliphatic rings. The van der Waals surface area contributed by atoms with E-state index in [-0.39, 0.29) is 30.2 Å². The lowest BCUT2D eigenvalue weighted by Gasteiger charge is -2.11. The number of aliphatic imine (C=N–C) groups is 1. The Hall–Kier alpha value is -3.21. The molecule has 0 spiro atoms. The first-order chi connectivity index (χ1) is 14.0. The fourth-order valence-corrected chi connectivity index (χ4v) is 3.28. The summed E-state index contributed by atoms with van der Waals surface area (Å²) in [5.41, 5.74) is 2.86. The lowest BCUT2D eigenvalue weighted by molar-refractivity contribution is 0.242. The molecule has 0 amide bonds. The minimum absolute atomic E-state index is 0.00965. The Labute approximate surface area is 168 Å². The molecule has 0 aromatic heterocycles. The number of hydrogen-bond donors (Lipinski definition) is 0. The topological polar surface area (TPSA) is 30.8 Å². The highest BCUT2D eigenvalue weighted by Gasteiger charge is 2.26. The minimum Gasteiger partial charge on any atom is -0.491 e. The maximum atomic E-state index is 14.0. The van der Waals surface area contributed by atoms with E-state index < -0.39 is 11.6 Å². The van der Waals surface area contributed by atoms with E-state index in [1.165, 1.54) is 18.2 Å². The third-order valence-corrected chi connectivity index (χ3v) is 4.68. The minimum atomic E-state index is -0.676. The first-order valence-corrected chi connectivity index (χ1v) is 9.53. The van der Waals surface area contributed by atoms with E-state index in [9.17, 15) is 8.78 Å². The second-order valence-electron chi connectivity index (χ2n) is 7.17. The maximum Gasteiger partial charge on any atom is 0.222 e. The van der Waals surface area contributed by atoms with Crippen molar-refractivity contribution < 1.29 is 18.3 Å². The molecule has 3 nitrogen and oxygen atoms in total. The zero-order valence-corrected chi connectivity index (χ0v) is 16.2. The van der Waals surface area contributed by atoms with Crippen molar-refractivity contribution in [2.75, 3.05) is 6.61 Å². The van der Waals surface area contributed by atoms with Crippen LogP contribution in [-0.4, -0.2) is 18.6 Å². The van der Waals surface area contributed by atoms with Crippen LogP contribution >= 0.6 is 0 Å². The number of halogens is 2. The van der Waals surface area contributed by atoms with Crippen LogP contribution in [0.3, 0.4) is 0 Å². The lowest BCUT2D eigenvalue weighted by atomic mass is 10.0. The molecule has 4 rings (SSSR count). The Balaban J connectivity index is 1.52. The number of benzene rings is 3. The molecule has 0 aliphatic carbocycles. The largest absolute Gasteiger partial charge is 0.491 e. The quantitative estimate of drug-likeness (QED) is 0.537. The molecular formula is C24H21F2NO2. The number of hydrogen-bond acceptors (Lipinski definition) is 3. The van der Waals surface area contributed by atoms with Crippen molar-refractivity contribution in [1.82, 2.24) is 0 Å². The molecule has 0 fully saturated rings. The van der Waals surface area contributed by atoms with Crippen LogP contribution in [0.25, 0.3) is 11.1 Å². The van der Waals surface area contributed by atoms with Crippen LogP contribution in [0, 0.1) is 11.6 Å². The van der Waals surface area contributed by atoms with E-state index in [1.807, 2.05) is 62.4 Å². The standard InChI is InChI=1S/C24H21F2NO2/c1-15(2)29-19-12-10-17(11-13-19)16-6-8-18(9-7-16)22-14-28-24(27-22)23-20(25)4-3-5-21(23)26/h3-13,15,22H,14H2,1-2H3. The molecule has 29 heavy (non-hydrogen) atoms. The smallest absolute Gasteiger partial charge is 0.222 e. The molecule has 1 heterocycles. The Kier molecular flexibility index (Phi) is 5.30. The van der Waals surface area contributed by atoms with E-state index in [1.54, 1.807) is 0 Å². The van der Waals surface area contributed by atoms with Crippen molar-refractivity contribution in [2.24, 2.45) is 4.99 Å². The van der Waals surface area contributed by atoms with Gasteiger partial charge in [-0.1, -0.05) is 42.5 Å². The van der Waals surface area contributed by atoms with Crippen LogP contribution in [0.15, 0.2) is 71.7 Å². The van der Waals surface area contributed by atoms with Crippen LogP contribution in [0.1, 0.15) is 31.0 Å². The fourth-order valence-electron chi connectivity index (χ4n) is 3.28. The van der Waals surface area contributed by atoms with Crippen molar-refractivity contribution >= 4 is 5.90 Å². The summed E-state index contributed by atoms with van der Waals surface area (Å²) in [6.07, 6.45) is 0.136. The van der Waals surface area contributed by atoms with Gasteiger partial charge in [0.1, 0.15) is 35.6 Å². The number of ether oxygens (including phenoxy) is 2. The highest BCUT2D eigenvalue weighted by Crippen LogP contribution is 2.29. The molecule has 148 valence electrons. The molecule has 0 radical (unpaired) electrons. The highest BCUT2D eigenvalue weighted by atomic mass is 19.1. The van der Waals surface area contributed by atoms with E-state index >= 15 is 0 Å². The van der Waals surface area contributed by atoms with Gasteiger partial charge in [-0.2, -0.15) is 0 Å². The van der Waals surface area contributed by atoms with Gasteiger partial charge in [0.2, 0.25) is 5.90 Å². The second kappa shape index (κ2) is 8.03. The van der Waals surface area contributed by atoms with Crippen LogP contribution in [0.2, 0.25) is 0 Å². The third kappa shape index (κ3) is 4.14. The maximum absolute atomic E-state index is 14.0. The summed E-state index contributed by atoms with van der Waals surface area (Å²) < 4.78 is 39.1. The van der Waals surface area contributed by atoms with Crippen molar-refractivity contribution in [3.8, 4) is 16.9 Å². The Morgan fingerprint density at radius 2 is 1.48 bits per heavy atom. The van der Waals surface area contributed by atoms with E-state index in [4.69, 9.17) is 9.47 Å². The first kappa shape index (κ1) is 19.1. The van der Waals surface area contributed by atoms with Gasteiger partial charge in [-0.05, 0) is 54.8 Å². The molecule has 1 aliphatic heterocycles. The van der Waals surface area contributed by atoms with Gasteiger partial charge in [0, 0.05) is 0 Å². The fraction of sp³-hybridized carbons (Fsp3) is 0.208. The molecule has 5 heteroatoms. The predicted octanol–water partition coefficient (Wildman–Crippen LogP) is 5.94. The normalized spacial score (nSPS) is 15.9. The van der Waals surface area contributed by atoms with Crippen molar-refractivity contribution in [3.63, 3.8) is 0 Å². The third-order valence-electron chi connectivity index (χ3n) is 4.68. The summed E-state index contributed by atoms with van der Waals surface area (Å²) in [6, 6.07) is 19.3. The first-order valence-electron chi connectivity index (χ1n) is 9.53. The summed E-state index contributed by atoms with van der Waals surface area (Å²) in [5, 5.41) is 0. The highest BCUT2D eigenvalue weighted by molar-refractivity contribution is 5.95. The van der Waals surface area contributed by atoms with Gasteiger partial charge in [0.15, 0.2) is 0 Å². The molecular weight excluding hydrogens is 372 g/mol. The van der Waals surface area contributed by atoms with Crippen LogP contribution < -0.4 is 4.74 Å². The van der Waals surface area contributed by atoms with Crippen LogP contribution in [-0.2, 0) is 4.74 Å². The monoisotopic (exact) mass is 393 g/mol. The van der Waals surface area contributed by atoms with Crippen molar-refractivity contribution in [2.45, 2.75) is 26.0 Å². The van der Waals surface area contributed by atoms with Crippen LogP contribution in [0.4, 0.5) is 8.78 Å². The summed E-state index contributed by atoms with van der Waals surface area (Å²) in [7, 11) is 0. The van der Waals surface area contributed by atoms with Gasteiger partial charge in [-0.25, -0.2) is 13.8 Å². The molecule has 1 unspecified atom stereocenters. The van der Waals surface area contributed by atoms with Gasteiger partial charge in [0.05, 0.1) is 6.10 Å². The Morgan fingerprint density at radius 3 is 2.07 bits per heavy atom. The van der Waals surface area contributed by atoms with Crippen molar-refractivity contribution in [1.29, 1.82) is 0 Å². The van der Waals surface area contributed by atoms with E-state index in [0.717, 1.165) is 22.4 Å². The molecule has 0 N–H and O–H groups in total. The second-order valence-corrected chi connectivity index (χ2v) is 7.17. The number of nitrogens with zero attached hydrogens (tertiary/aromatic N) is 1. The van der Waals surface area contributed by atoms with Gasteiger partial charge in [-0.15, -0.1) is 0 Å². The van der Waals surface area contributed by atoms with Gasteiger partial charge < -0.3 is 9.47 Å². The summed E-state index contributed by atoms with van der Waals surface area (Å²) >= 11 is 0. The summed E-state index contributed by atoms with van der Waals surface area (Å²) in [5.74, 6) is -0.504. The van der Waals surface area contributed by atoms with E-state index in [2.05, 4.69) is 4.99 Å². The summed E-state index contributed by atoms with van der Waals surface area (Å²) in [6.45, 7) is 4.24. The van der Waals surface area contributed by atoms with Crippen molar-refractivity contribution in [3.05, 3.63) is 89.5 Å². The summed E-state index contributed by atoms with van der Waals surface area (Å²) in [4.78, 5) is 4.39. The average molecular weight is 393 g/mol. The zero-order chi connectivity index (χ0) is 20.4. The lowest BCUT2D eigenvalue weighted by Crippen LogP contribution is -2.07. The molecule has 3 aromatic rings. The molecule has 3 aromatic carbocycles. The number of rotatable bonds is 5. The zero-order valence-electron chi connectivity index (χ0n) is 16.2. The van der Waals surface area contributed by atoms with E-state index in [0.29, 0.717) is 0 Å². The van der Waals surface area contributed by atoms with Crippen LogP contribution in [0.5, 0.6) is 5.75 Å². The molecule has 1 atom stereocenters. The van der Waals surface area contributed by atoms with Gasteiger partial charge in [-0.3, -0.25) is 0 Å².